The van der Waals surface area contributed by atoms with E-state index in [1.54, 1.807) is 0 Å². The molecule has 1 aromatic rings. The number of aldehydes is 1. The first-order valence-corrected chi connectivity index (χ1v) is 7.46. The topological polar surface area (TPSA) is 206 Å². The molecule has 16 heteroatoms. The van der Waals surface area contributed by atoms with Crippen molar-refractivity contribution < 1.29 is 99.6 Å². The van der Waals surface area contributed by atoms with Gasteiger partial charge in [0, 0.05) is 0 Å². The minimum Gasteiger partial charge on any atom is -0.844 e. The molecule has 0 aliphatic carbocycles. The third kappa shape index (κ3) is 5.11. The molecule has 29 heavy (non-hydrogen) atoms. The van der Waals surface area contributed by atoms with E-state index in [1.165, 1.54) is 0 Å². The van der Waals surface area contributed by atoms with Gasteiger partial charge in [-0.15, -0.1) is 0 Å². The number of amides is 3. The number of hydrogen-bond donors (Lipinski definition) is 3. The van der Waals surface area contributed by atoms with E-state index in [0.29, 0.717) is 5.01 Å². The molecule has 3 amide bonds. The average molecular weight is 438 g/mol. The Balaban J connectivity index is 0.00000300. The van der Waals surface area contributed by atoms with Crippen LogP contribution in [0, 0.1) is 10.1 Å². The first-order chi connectivity index (χ1) is 13.3. The smallest absolute Gasteiger partial charge is 0.844 e. The van der Waals surface area contributed by atoms with Crippen molar-refractivity contribution in [2.75, 3.05) is 13.2 Å². The average Bonchev–Trinajstić information content (AvgIpc) is 3.20. The number of carbonyl (C=O) groups excluding carboxylic acids is 3. The number of imide groups is 1. The van der Waals surface area contributed by atoms with Crippen LogP contribution < -0.4 is 72.1 Å². The number of aliphatic hydroxyl groups is 1. The Kier molecular flexibility index (Phi) is 7.71. The summed E-state index contributed by atoms with van der Waals surface area (Å²) in [5.74, 6) is -3.46. The molecular weight excluding hydrogens is 427 g/mol. The summed E-state index contributed by atoms with van der Waals surface area (Å²) in [4.78, 5) is 48.4. The zero-order chi connectivity index (χ0) is 20.4. The van der Waals surface area contributed by atoms with Crippen LogP contribution >= 0.6 is 0 Å². The Morgan fingerprint density at radius 1 is 1.45 bits per heavy atom. The SMILES string of the molecule is O=Cc1cc([N+](=O)[O-])oc1OC1=C(ONN2CC(=O)NC2=O)[C@@H]([O-])[C@H](O)CO1.[K+]. The maximum atomic E-state index is 12.2. The predicted molar refractivity (Wildman–Crippen MR) is 78.6 cm³/mol. The number of ether oxygens (including phenoxy) is 2. The molecule has 15 nitrogen and oxygen atoms in total. The van der Waals surface area contributed by atoms with Gasteiger partial charge in [0.05, 0.1) is 12.2 Å². The van der Waals surface area contributed by atoms with Crippen LogP contribution in [0.2, 0.25) is 0 Å². The van der Waals surface area contributed by atoms with Crippen molar-refractivity contribution in [2.24, 2.45) is 0 Å². The Hall–Kier alpha value is -2.05. The number of hydrazine groups is 1. The van der Waals surface area contributed by atoms with Crippen LogP contribution in [0.4, 0.5) is 10.7 Å². The van der Waals surface area contributed by atoms with Crippen molar-refractivity contribution in [3.05, 3.63) is 33.4 Å². The van der Waals surface area contributed by atoms with E-state index in [4.69, 9.17) is 18.7 Å². The Morgan fingerprint density at radius 3 is 2.76 bits per heavy atom. The van der Waals surface area contributed by atoms with Crippen molar-refractivity contribution in [2.45, 2.75) is 12.2 Å². The quantitative estimate of drug-likeness (QED) is 0.120. The second-order valence-electron chi connectivity index (χ2n) is 5.39. The number of nitrogens with zero attached hydrogens (tertiary/aromatic N) is 2. The molecule has 0 unspecified atom stereocenters. The summed E-state index contributed by atoms with van der Waals surface area (Å²) in [5.41, 5.74) is 1.66. The molecule has 1 saturated heterocycles. The third-order valence-electron chi connectivity index (χ3n) is 3.46. The van der Waals surface area contributed by atoms with Crippen molar-refractivity contribution >= 4 is 24.1 Å². The summed E-state index contributed by atoms with van der Waals surface area (Å²) >= 11 is 0. The first-order valence-electron chi connectivity index (χ1n) is 7.46. The summed E-state index contributed by atoms with van der Waals surface area (Å²) in [6, 6.07) is -0.0773. The van der Waals surface area contributed by atoms with E-state index in [0.717, 1.165) is 6.07 Å². The zero-order valence-electron chi connectivity index (χ0n) is 14.6. The van der Waals surface area contributed by atoms with Crippen LogP contribution in [0.25, 0.3) is 0 Å². The molecule has 0 saturated carbocycles. The molecule has 150 valence electrons. The monoisotopic (exact) mass is 438 g/mol. The fraction of sp³-hybridized carbons (Fsp3) is 0.308. The standard InChI is InChI=1S/C13H11N4O11.K/c18-3-5-1-8(17(23)24)26-11(5)27-12-10(9(21)6(19)4-25-12)28-15-16-2-7(20)14-13(16)22;/h1,3,6,9,15,19H,2,4H2,(H,14,20,22);/q-1;+1/t6-,9+;/m1./s1. The van der Waals surface area contributed by atoms with Gasteiger partial charge in [-0.25, -0.2) is 9.80 Å². The van der Waals surface area contributed by atoms with Crippen LogP contribution in [0.15, 0.2) is 22.2 Å². The van der Waals surface area contributed by atoms with Crippen LogP contribution in [0.1, 0.15) is 10.4 Å². The van der Waals surface area contributed by atoms with Gasteiger partial charge in [0.2, 0.25) is 5.91 Å². The molecular formula is C13H11KN4O11. The van der Waals surface area contributed by atoms with Crippen LogP contribution in [-0.2, 0) is 14.4 Å². The zero-order valence-corrected chi connectivity index (χ0v) is 17.8. The van der Waals surface area contributed by atoms with E-state index in [1.807, 2.05) is 10.9 Å². The molecule has 2 aliphatic rings. The minimum atomic E-state index is -1.96. The van der Waals surface area contributed by atoms with Crippen molar-refractivity contribution in [3.63, 3.8) is 0 Å². The van der Waals surface area contributed by atoms with Gasteiger partial charge in [0.15, 0.2) is 12.0 Å². The fourth-order valence-electron chi connectivity index (χ4n) is 2.12. The molecule has 1 fully saturated rings. The number of aliphatic hydroxyl groups excluding tert-OH is 1. The first kappa shape index (κ1) is 23.2. The maximum Gasteiger partial charge on any atom is 1.00 e. The van der Waals surface area contributed by atoms with Gasteiger partial charge < -0.3 is 28.9 Å². The van der Waals surface area contributed by atoms with Crippen molar-refractivity contribution in [3.8, 4) is 5.95 Å². The number of furan rings is 1. The molecule has 2 atom stereocenters. The Labute approximate surface area is 203 Å². The van der Waals surface area contributed by atoms with E-state index in [2.05, 4.69) is 0 Å². The largest absolute Gasteiger partial charge is 1.00 e. The maximum absolute atomic E-state index is 12.2. The van der Waals surface area contributed by atoms with E-state index in [-0.39, 0.29) is 63.2 Å². The van der Waals surface area contributed by atoms with Gasteiger partial charge in [0.1, 0.15) is 23.6 Å². The fourth-order valence-corrected chi connectivity index (χ4v) is 2.12. The minimum absolute atomic E-state index is 0. The molecule has 3 rings (SSSR count). The van der Waals surface area contributed by atoms with Gasteiger partial charge in [-0.3, -0.25) is 25.0 Å². The predicted octanol–water partition coefficient (Wildman–Crippen LogP) is -5.34. The van der Waals surface area contributed by atoms with Gasteiger partial charge in [0.25, 0.3) is 0 Å². The molecule has 0 aromatic carbocycles. The number of carbonyl (C=O) groups is 3. The summed E-state index contributed by atoms with van der Waals surface area (Å²) in [7, 11) is 0. The van der Waals surface area contributed by atoms with E-state index < -0.39 is 65.8 Å². The normalized spacial score (nSPS) is 21.2. The van der Waals surface area contributed by atoms with Gasteiger partial charge in [-0.2, -0.15) is 0 Å². The number of nitrogens with one attached hydrogen (secondary N) is 2. The van der Waals surface area contributed by atoms with Gasteiger partial charge in [-0.1, -0.05) is 5.59 Å². The second kappa shape index (κ2) is 9.63. The van der Waals surface area contributed by atoms with Crippen LogP contribution in [-0.4, -0.2) is 58.6 Å². The van der Waals surface area contributed by atoms with E-state index in [9.17, 15) is 34.7 Å². The summed E-state index contributed by atoms with van der Waals surface area (Å²) < 4.78 is 14.9. The van der Waals surface area contributed by atoms with Gasteiger partial charge >= 0.3 is 75.2 Å². The number of rotatable bonds is 7. The molecule has 2 aliphatic heterocycles. The number of urea groups is 1. The Morgan fingerprint density at radius 2 is 2.17 bits per heavy atom. The molecule has 0 radical (unpaired) electrons. The summed E-state index contributed by atoms with van der Waals surface area (Å²) in [6.07, 6.45) is -3.31. The molecule has 3 N–H and O–H groups in total. The second-order valence-corrected chi connectivity index (χ2v) is 5.39. The summed E-state index contributed by atoms with van der Waals surface area (Å²) in [5, 5.41) is 35.2. The molecule has 0 bridgehead atoms. The number of nitro groups is 1. The Bertz CT molecular complexity index is 869. The molecule has 3 heterocycles. The molecule has 1 aromatic heterocycles. The third-order valence-corrected chi connectivity index (χ3v) is 3.46. The van der Waals surface area contributed by atoms with Crippen molar-refractivity contribution in [1.82, 2.24) is 15.9 Å². The summed E-state index contributed by atoms with van der Waals surface area (Å²) in [6.45, 7) is -0.937. The van der Waals surface area contributed by atoms with E-state index >= 15 is 0 Å². The molecule has 0 spiro atoms. The van der Waals surface area contributed by atoms with Crippen LogP contribution in [0.3, 0.4) is 0 Å². The number of hydrogen-bond acceptors (Lipinski definition) is 12. The van der Waals surface area contributed by atoms with Gasteiger partial charge in [-0.05, 0) is 6.10 Å². The van der Waals surface area contributed by atoms with Crippen LogP contribution in [0.5, 0.6) is 5.95 Å². The van der Waals surface area contributed by atoms with Crippen molar-refractivity contribution in [1.29, 1.82) is 0 Å².